The number of amides is 4. The van der Waals surface area contributed by atoms with Crippen molar-refractivity contribution in [2.24, 2.45) is 22.7 Å². The molecule has 0 radical (unpaired) electrons. The first-order valence-corrected chi connectivity index (χ1v) is 16.6. The van der Waals surface area contributed by atoms with E-state index < -0.39 is 47.4 Å². The van der Waals surface area contributed by atoms with Crippen molar-refractivity contribution in [2.75, 3.05) is 13.6 Å². The van der Waals surface area contributed by atoms with Gasteiger partial charge in [-0.1, -0.05) is 60.8 Å². The second kappa shape index (κ2) is 15.2. The fourth-order valence-corrected chi connectivity index (χ4v) is 6.20. The number of hydrogen-bond donors (Lipinski definition) is 5. The molecule has 0 aromatic carbocycles. The van der Waals surface area contributed by atoms with Gasteiger partial charge in [-0.3, -0.25) is 29.3 Å². The van der Waals surface area contributed by atoms with Crippen LogP contribution in [0.2, 0.25) is 0 Å². The molecule has 0 bridgehead atoms. The predicted molar refractivity (Wildman–Crippen MR) is 168 cm³/mol. The lowest BCUT2D eigenvalue weighted by molar-refractivity contribution is -0.146. The van der Waals surface area contributed by atoms with Crippen molar-refractivity contribution in [3.8, 4) is 0 Å². The molecule has 4 amide bonds. The highest BCUT2D eigenvalue weighted by Crippen LogP contribution is 2.30. The smallest absolute Gasteiger partial charge is 0.289 e. The molecule has 250 valence electrons. The summed E-state index contributed by atoms with van der Waals surface area (Å²) in [6, 6.07) is -2.90. The van der Waals surface area contributed by atoms with Gasteiger partial charge < -0.3 is 26.0 Å². The second-order valence-electron chi connectivity index (χ2n) is 15.5. The molecule has 1 saturated heterocycles. The van der Waals surface area contributed by atoms with Crippen LogP contribution in [0.1, 0.15) is 112 Å². The molecule has 2 aliphatic carbocycles. The van der Waals surface area contributed by atoms with E-state index >= 15 is 0 Å². The third-order valence-electron chi connectivity index (χ3n) is 9.14. The largest absolute Gasteiger partial charge is 0.378 e. The zero-order valence-electron chi connectivity index (χ0n) is 28.0. The van der Waals surface area contributed by atoms with Gasteiger partial charge in [-0.15, -0.1) is 0 Å². The number of nitrogens with zero attached hydrogens (tertiary/aromatic N) is 1. The second-order valence-corrected chi connectivity index (χ2v) is 15.5. The van der Waals surface area contributed by atoms with Crippen LogP contribution in [-0.2, 0) is 24.0 Å². The lowest BCUT2D eigenvalue weighted by Crippen LogP contribution is -2.60. The maximum Gasteiger partial charge on any atom is 0.289 e. The van der Waals surface area contributed by atoms with Gasteiger partial charge in [0.1, 0.15) is 18.3 Å². The van der Waals surface area contributed by atoms with Crippen LogP contribution >= 0.6 is 0 Å². The van der Waals surface area contributed by atoms with Gasteiger partial charge >= 0.3 is 0 Å². The standard InChI is InChI=1S/C33H57N5O6/c1-32(2,3)19-24(38(7)30(43)25(20-12-9-8-10-13-20)37-31(44)33(4,5)6)28(41)36-23(18-21-14-11-17-34-27(21)40)26(39)29(42)35-22-15-16-22/h20-25,27,34,40H,8-19H2,1-7H3,(H,35,42)(H,36,41)(H,37,44)/t21-,23-,24-,25+,27?/m0/s1. The Morgan fingerprint density at radius 1 is 0.886 bits per heavy atom. The third-order valence-corrected chi connectivity index (χ3v) is 9.14. The molecular weight excluding hydrogens is 562 g/mol. The molecule has 11 heteroatoms. The number of piperidine rings is 1. The average Bonchev–Trinajstić information content (AvgIpc) is 3.77. The molecule has 11 nitrogen and oxygen atoms in total. The zero-order valence-corrected chi connectivity index (χ0v) is 28.0. The summed E-state index contributed by atoms with van der Waals surface area (Å²) in [4.78, 5) is 69.1. The minimum absolute atomic E-state index is 0.0258. The van der Waals surface area contributed by atoms with Gasteiger partial charge in [-0.2, -0.15) is 0 Å². The Labute approximate surface area is 263 Å². The number of Topliss-reactive ketones (excluding diaryl/α,β-unsaturated/α-hetero) is 1. The van der Waals surface area contributed by atoms with Crippen molar-refractivity contribution in [1.82, 2.24) is 26.2 Å². The van der Waals surface area contributed by atoms with Crippen LogP contribution in [-0.4, -0.2) is 83.4 Å². The summed E-state index contributed by atoms with van der Waals surface area (Å²) in [5.74, 6) is -2.94. The van der Waals surface area contributed by atoms with E-state index in [0.717, 1.165) is 51.4 Å². The Kier molecular flexibility index (Phi) is 12.4. The van der Waals surface area contributed by atoms with Gasteiger partial charge in [0.05, 0.1) is 6.04 Å². The van der Waals surface area contributed by atoms with Gasteiger partial charge in [-0.05, 0) is 69.2 Å². The first-order valence-electron chi connectivity index (χ1n) is 16.6. The Morgan fingerprint density at radius 2 is 1.52 bits per heavy atom. The van der Waals surface area contributed by atoms with Gasteiger partial charge in [-0.25, -0.2) is 0 Å². The van der Waals surface area contributed by atoms with Crippen LogP contribution < -0.4 is 21.3 Å². The highest BCUT2D eigenvalue weighted by molar-refractivity contribution is 6.38. The van der Waals surface area contributed by atoms with Gasteiger partial charge in [0.15, 0.2) is 0 Å². The van der Waals surface area contributed by atoms with E-state index in [1.165, 1.54) is 4.90 Å². The molecule has 2 saturated carbocycles. The van der Waals surface area contributed by atoms with Crippen LogP contribution in [0.3, 0.4) is 0 Å². The number of ketones is 1. The Hall–Kier alpha value is -2.53. The van der Waals surface area contributed by atoms with Crippen LogP contribution in [0.25, 0.3) is 0 Å². The monoisotopic (exact) mass is 619 g/mol. The Morgan fingerprint density at radius 3 is 2.07 bits per heavy atom. The van der Waals surface area contributed by atoms with Crippen molar-refractivity contribution >= 4 is 29.4 Å². The molecule has 5 atom stereocenters. The number of nitrogens with one attached hydrogen (secondary N) is 4. The van der Waals surface area contributed by atoms with Crippen molar-refractivity contribution in [2.45, 2.75) is 143 Å². The number of hydrogen-bond acceptors (Lipinski definition) is 7. The van der Waals surface area contributed by atoms with Crippen LogP contribution in [0.5, 0.6) is 0 Å². The number of aliphatic hydroxyl groups excluding tert-OH is 1. The molecule has 1 heterocycles. The molecule has 3 fully saturated rings. The van der Waals surface area contributed by atoms with E-state index in [1.54, 1.807) is 27.8 Å². The highest BCUT2D eigenvalue weighted by atomic mass is 16.3. The first-order chi connectivity index (χ1) is 20.5. The van der Waals surface area contributed by atoms with Gasteiger partial charge in [0.2, 0.25) is 23.5 Å². The Balaban J connectivity index is 1.87. The molecule has 1 unspecified atom stereocenters. The molecule has 3 rings (SSSR count). The van der Waals surface area contributed by atoms with Gasteiger partial charge in [0, 0.05) is 24.4 Å². The Bertz CT molecular complexity index is 1040. The summed E-state index contributed by atoms with van der Waals surface area (Å²) in [5.41, 5.74) is -1.06. The number of likely N-dealkylation sites (N-methyl/N-ethyl adjacent to an activating group) is 1. The molecule has 3 aliphatic rings. The third kappa shape index (κ3) is 10.5. The van der Waals surface area contributed by atoms with Crippen molar-refractivity contribution < 1.29 is 29.1 Å². The van der Waals surface area contributed by atoms with Crippen LogP contribution in [0.15, 0.2) is 0 Å². The first kappa shape index (κ1) is 35.9. The maximum absolute atomic E-state index is 14.2. The fraction of sp³-hybridized carbons (Fsp3) is 0.848. The van der Waals surface area contributed by atoms with E-state index in [0.29, 0.717) is 19.4 Å². The number of rotatable bonds is 12. The minimum Gasteiger partial charge on any atom is -0.378 e. The normalized spacial score (nSPS) is 23.5. The van der Waals surface area contributed by atoms with Crippen molar-refractivity contribution in [3.05, 3.63) is 0 Å². The van der Waals surface area contributed by atoms with E-state index in [4.69, 9.17) is 0 Å². The van der Waals surface area contributed by atoms with E-state index in [9.17, 15) is 29.1 Å². The molecule has 44 heavy (non-hydrogen) atoms. The molecule has 0 spiro atoms. The quantitative estimate of drug-likeness (QED) is 0.210. The summed E-state index contributed by atoms with van der Waals surface area (Å²) in [7, 11) is 1.59. The van der Waals surface area contributed by atoms with E-state index in [-0.39, 0.29) is 41.5 Å². The molecule has 1 aliphatic heterocycles. The van der Waals surface area contributed by atoms with E-state index in [1.807, 2.05) is 20.8 Å². The molecule has 0 aromatic rings. The average molecular weight is 620 g/mol. The zero-order chi connectivity index (χ0) is 32.8. The lowest BCUT2D eigenvalue weighted by Gasteiger charge is -2.38. The minimum atomic E-state index is -1.15. The fourth-order valence-electron chi connectivity index (χ4n) is 6.20. The number of aliphatic hydroxyl groups is 1. The molecule has 5 N–H and O–H groups in total. The van der Waals surface area contributed by atoms with Gasteiger partial charge in [0.25, 0.3) is 5.91 Å². The topological polar surface area (TPSA) is 157 Å². The van der Waals surface area contributed by atoms with Crippen molar-refractivity contribution in [1.29, 1.82) is 0 Å². The summed E-state index contributed by atoms with van der Waals surface area (Å²) in [5, 5.41) is 22.1. The summed E-state index contributed by atoms with van der Waals surface area (Å²) in [6.45, 7) is 12.0. The molecule has 0 aromatic heterocycles. The van der Waals surface area contributed by atoms with Crippen LogP contribution in [0.4, 0.5) is 0 Å². The van der Waals surface area contributed by atoms with Crippen molar-refractivity contribution in [3.63, 3.8) is 0 Å². The summed E-state index contributed by atoms with van der Waals surface area (Å²) in [6.07, 6.45) is 7.31. The highest BCUT2D eigenvalue weighted by Gasteiger charge is 2.41. The van der Waals surface area contributed by atoms with E-state index in [2.05, 4.69) is 21.3 Å². The lowest BCUT2D eigenvalue weighted by atomic mass is 9.82. The molecular formula is C33H57N5O6. The number of carbonyl (C=O) groups excluding carboxylic acids is 5. The SMILES string of the molecule is CN(C(=O)[C@H](NC(=O)C(C)(C)C)C1CCCCC1)[C@@H](CC(C)(C)C)C(=O)N[C@@H](C[C@@H]1CCCNC1O)C(=O)C(=O)NC1CC1. The number of carbonyl (C=O) groups is 5. The predicted octanol–water partition coefficient (Wildman–Crippen LogP) is 2.40. The summed E-state index contributed by atoms with van der Waals surface area (Å²) >= 11 is 0. The summed E-state index contributed by atoms with van der Waals surface area (Å²) < 4.78 is 0. The maximum atomic E-state index is 14.2. The van der Waals surface area contributed by atoms with Crippen LogP contribution in [0, 0.1) is 22.7 Å².